The van der Waals surface area contributed by atoms with Gasteiger partial charge >= 0.3 is 0 Å². The first-order valence-corrected chi connectivity index (χ1v) is 8.21. The summed E-state index contributed by atoms with van der Waals surface area (Å²) in [5.41, 5.74) is 0.766. The molecule has 1 aliphatic heterocycles. The lowest BCUT2D eigenvalue weighted by atomic mass is 10.1. The third kappa shape index (κ3) is 2.83. The van der Waals surface area contributed by atoms with Gasteiger partial charge in [-0.25, -0.2) is 0 Å². The highest BCUT2D eigenvalue weighted by Crippen LogP contribution is 2.26. The van der Waals surface area contributed by atoms with Crippen molar-refractivity contribution in [2.75, 3.05) is 11.9 Å². The fourth-order valence-electron chi connectivity index (χ4n) is 2.32. The maximum absolute atomic E-state index is 12.8. The van der Waals surface area contributed by atoms with Gasteiger partial charge in [0.15, 0.2) is 5.11 Å². The van der Waals surface area contributed by atoms with E-state index in [0.29, 0.717) is 5.69 Å². The molecule has 3 rings (SSSR count). The van der Waals surface area contributed by atoms with Crippen LogP contribution in [0.25, 0.3) is 6.08 Å². The molecule has 23 heavy (non-hydrogen) atoms. The van der Waals surface area contributed by atoms with Gasteiger partial charge in [0.05, 0.1) is 5.69 Å². The third-order valence-electron chi connectivity index (χ3n) is 3.51. The maximum Gasteiger partial charge on any atom is 0.270 e. The molecular formula is C17H14N2O2S2. The van der Waals surface area contributed by atoms with Crippen LogP contribution in [0.15, 0.2) is 48.0 Å². The highest BCUT2D eigenvalue weighted by atomic mass is 32.1. The van der Waals surface area contributed by atoms with Gasteiger partial charge in [0.1, 0.15) is 5.57 Å². The lowest BCUT2D eigenvalue weighted by Gasteiger charge is -2.34. The van der Waals surface area contributed by atoms with Gasteiger partial charge in [0, 0.05) is 16.8 Å². The van der Waals surface area contributed by atoms with Crippen LogP contribution in [0.1, 0.15) is 9.75 Å². The Labute approximate surface area is 143 Å². The number of nitrogens with zero attached hydrogens (tertiary/aromatic N) is 2. The number of amides is 2. The maximum atomic E-state index is 12.8. The molecule has 2 amide bonds. The van der Waals surface area contributed by atoms with Crippen LogP contribution in [-0.2, 0) is 9.59 Å². The Morgan fingerprint density at radius 2 is 1.74 bits per heavy atom. The molecule has 1 aromatic carbocycles. The molecule has 0 bridgehead atoms. The fraction of sp³-hybridized carbons (Fsp3) is 0.118. The zero-order chi connectivity index (χ0) is 16.6. The van der Waals surface area contributed by atoms with Crippen LogP contribution in [0.4, 0.5) is 5.69 Å². The number of thiophene rings is 1. The van der Waals surface area contributed by atoms with E-state index in [1.807, 2.05) is 37.3 Å². The van der Waals surface area contributed by atoms with Crippen LogP contribution in [0, 0.1) is 6.92 Å². The predicted octanol–water partition coefficient (Wildman–Crippen LogP) is 3.23. The number of aryl methyl sites for hydroxylation is 1. The van der Waals surface area contributed by atoms with Crippen molar-refractivity contribution < 1.29 is 9.59 Å². The minimum absolute atomic E-state index is 0.117. The molecule has 1 fully saturated rings. The van der Waals surface area contributed by atoms with E-state index >= 15 is 0 Å². The summed E-state index contributed by atoms with van der Waals surface area (Å²) in [4.78, 5) is 30.0. The molecule has 0 saturated carbocycles. The van der Waals surface area contributed by atoms with Crippen molar-refractivity contribution in [2.24, 2.45) is 0 Å². The van der Waals surface area contributed by atoms with Crippen LogP contribution in [0.3, 0.4) is 0 Å². The average molecular weight is 342 g/mol. The van der Waals surface area contributed by atoms with Gasteiger partial charge in [0.2, 0.25) is 0 Å². The van der Waals surface area contributed by atoms with Crippen LogP contribution in [-0.4, -0.2) is 28.9 Å². The third-order valence-corrected chi connectivity index (χ3v) is 4.91. The number of para-hydroxylation sites is 1. The summed E-state index contributed by atoms with van der Waals surface area (Å²) in [7, 11) is 1.58. The second-order valence-corrected chi connectivity index (χ2v) is 6.81. The molecule has 0 N–H and O–H groups in total. The summed E-state index contributed by atoms with van der Waals surface area (Å²) in [6.45, 7) is 1.98. The SMILES string of the molecule is Cc1ccc(/C=C2\C(=O)N(C)C(=S)N(c3ccccc3)C2=O)s1. The highest BCUT2D eigenvalue weighted by molar-refractivity contribution is 7.80. The molecule has 1 aromatic heterocycles. The van der Waals surface area contributed by atoms with Gasteiger partial charge in [-0.15, -0.1) is 11.3 Å². The predicted molar refractivity (Wildman–Crippen MR) is 96.3 cm³/mol. The molecule has 1 aliphatic rings. The fourth-order valence-corrected chi connectivity index (χ4v) is 3.41. The molecule has 2 heterocycles. The Kier molecular flexibility index (Phi) is 4.11. The van der Waals surface area contributed by atoms with Crippen molar-refractivity contribution >= 4 is 52.2 Å². The molecule has 0 atom stereocenters. The quantitative estimate of drug-likeness (QED) is 0.478. The first-order chi connectivity index (χ1) is 11.0. The summed E-state index contributed by atoms with van der Waals surface area (Å²) in [5, 5.41) is 0.186. The van der Waals surface area contributed by atoms with Gasteiger partial charge in [-0.3, -0.25) is 19.4 Å². The Morgan fingerprint density at radius 3 is 2.35 bits per heavy atom. The molecule has 2 aromatic rings. The normalized spacial score (nSPS) is 17.3. The average Bonchev–Trinajstić information content (AvgIpc) is 2.96. The number of rotatable bonds is 2. The second-order valence-electron chi connectivity index (χ2n) is 5.13. The Hall–Kier alpha value is -2.31. The number of thiocarbonyl (C=S) groups is 1. The van der Waals surface area contributed by atoms with Crippen molar-refractivity contribution in [1.29, 1.82) is 0 Å². The van der Waals surface area contributed by atoms with E-state index in [-0.39, 0.29) is 16.6 Å². The molecule has 1 saturated heterocycles. The number of anilines is 1. The monoisotopic (exact) mass is 342 g/mol. The van der Waals surface area contributed by atoms with Gasteiger partial charge in [-0.2, -0.15) is 0 Å². The molecule has 6 heteroatoms. The molecule has 0 radical (unpaired) electrons. The number of likely N-dealkylation sites (N-methyl/N-ethyl adjacent to an activating group) is 1. The summed E-state index contributed by atoms with van der Waals surface area (Å²) >= 11 is 6.83. The van der Waals surface area contributed by atoms with Crippen molar-refractivity contribution in [2.45, 2.75) is 6.92 Å². The largest absolute Gasteiger partial charge is 0.287 e. The summed E-state index contributed by atoms with van der Waals surface area (Å²) in [5.74, 6) is -0.770. The van der Waals surface area contributed by atoms with Gasteiger partial charge < -0.3 is 0 Å². The minimum atomic E-state index is -0.393. The zero-order valence-corrected chi connectivity index (χ0v) is 14.3. The van der Waals surface area contributed by atoms with Crippen LogP contribution in [0.2, 0.25) is 0 Å². The van der Waals surface area contributed by atoms with Gasteiger partial charge in [-0.1, -0.05) is 18.2 Å². The number of carbonyl (C=O) groups is 2. The molecular weight excluding hydrogens is 328 g/mol. The first-order valence-electron chi connectivity index (χ1n) is 6.98. The van der Waals surface area contributed by atoms with E-state index in [9.17, 15) is 9.59 Å². The first kappa shape index (κ1) is 15.6. The summed E-state index contributed by atoms with van der Waals surface area (Å²) < 4.78 is 0. The number of benzene rings is 1. The second kappa shape index (κ2) is 6.06. The van der Waals surface area contributed by atoms with E-state index in [1.165, 1.54) is 21.1 Å². The Balaban J connectivity index is 2.07. The lowest BCUT2D eigenvalue weighted by Crippen LogP contribution is -2.54. The number of hydrogen-bond donors (Lipinski definition) is 0. The van der Waals surface area contributed by atoms with Crippen LogP contribution in [0.5, 0.6) is 0 Å². The Morgan fingerprint density at radius 1 is 1.04 bits per heavy atom. The molecule has 4 nitrogen and oxygen atoms in total. The number of carbonyl (C=O) groups excluding carboxylic acids is 2. The minimum Gasteiger partial charge on any atom is -0.287 e. The molecule has 116 valence electrons. The molecule has 0 spiro atoms. The summed E-state index contributed by atoms with van der Waals surface area (Å²) in [6, 6.07) is 13.0. The van der Waals surface area contributed by atoms with Gasteiger partial charge in [-0.05, 0) is 49.5 Å². The van der Waals surface area contributed by atoms with Crippen LogP contribution < -0.4 is 4.90 Å². The van der Waals surface area contributed by atoms with Crippen molar-refractivity contribution in [3.8, 4) is 0 Å². The van der Waals surface area contributed by atoms with E-state index in [0.717, 1.165) is 9.75 Å². The smallest absolute Gasteiger partial charge is 0.270 e. The van der Waals surface area contributed by atoms with E-state index in [1.54, 1.807) is 25.3 Å². The topological polar surface area (TPSA) is 40.6 Å². The van der Waals surface area contributed by atoms with Crippen molar-refractivity contribution in [3.05, 3.63) is 57.8 Å². The van der Waals surface area contributed by atoms with E-state index < -0.39 is 5.91 Å². The number of hydrogen-bond acceptors (Lipinski definition) is 4. The van der Waals surface area contributed by atoms with E-state index in [4.69, 9.17) is 12.2 Å². The standard InChI is InChI=1S/C17H14N2O2S2/c1-11-8-9-13(23-11)10-14-15(20)18(2)17(22)19(16(14)21)12-6-4-3-5-7-12/h3-10H,1-2H3/b14-10+. The van der Waals surface area contributed by atoms with Crippen LogP contribution >= 0.6 is 23.6 Å². The highest BCUT2D eigenvalue weighted by Gasteiger charge is 2.38. The zero-order valence-electron chi connectivity index (χ0n) is 12.6. The van der Waals surface area contributed by atoms with Gasteiger partial charge in [0.25, 0.3) is 11.8 Å². The van der Waals surface area contributed by atoms with Crippen molar-refractivity contribution in [3.63, 3.8) is 0 Å². The lowest BCUT2D eigenvalue weighted by molar-refractivity contribution is -0.127. The Bertz CT molecular complexity index is 824. The van der Waals surface area contributed by atoms with E-state index in [2.05, 4.69) is 0 Å². The molecule has 0 unspecified atom stereocenters. The van der Waals surface area contributed by atoms with Crippen molar-refractivity contribution in [1.82, 2.24) is 4.90 Å². The molecule has 0 aliphatic carbocycles. The summed E-state index contributed by atoms with van der Waals surface area (Å²) in [6.07, 6.45) is 1.64.